The molecule has 2 aromatic heterocycles. The summed E-state index contributed by atoms with van der Waals surface area (Å²) in [6.07, 6.45) is 2.94. The number of ether oxygens (including phenoxy) is 1. The summed E-state index contributed by atoms with van der Waals surface area (Å²) in [5.74, 6) is -0.322. The SMILES string of the molecule is COc1cccc(-c2noc(N(C(C)=O)c3ccccc3F)c2-c2ccncn2)c1. The number of anilines is 2. The van der Waals surface area contributed by atoms with Gasteiger partial charge in [-0.25, -0.2) is 19.3 Å². The van der Waals surface area contributed by atoms with E-state index < -0.39 is 11.7 Å². The van der Waals surface area contributed by atoms with Crippen LogP contribution in [0, 0.1) is 5.82 Å². The van der Waals surface area contributed by atoms with E-state index in [0.717, 1.165) is 4.90 Å². The van der Waals surface area contributed by atoms with Gasteiger partial charge in [0.25, 0.3) is 0 Å². The first kappa shape index (κ1) is 19.3. The van der Waals surface area contributed by atoms with Crippen LogP contribution in [0.25, 0.3) is 22.5 Å². The fourth-order valence-corrected chi connectivity index (χ4v) is 3.13. The molecule has 2 heterocycles. The summed E-state index contributed by atoms with van der Waals surface area (Å²) >= 11 is 0. The number of carbonyl (C=O) groups excluding carboxylic acids is 1. The number of methoxy groups -OCH3 is 1. The van der Waals surface area contributed by atoms with Gasteiger partial charge in [-0.05, 0) is 30.3 Å². The van der Waals surface area contributed by atoms with Crippen molar-refractivity contribution in [1.29, 1.82) is 0 Å². The number of benzene rings is 2. The van der Waals surface area contributed by atoms with Crippen molar-refractivity contribution in [3.8, 4) is 28.3 Å². The quantitative estimate of drug-likeness (QED) is 0.482. The van der Waals surface area contributed by atoms with Crippen LogP contribution >= 0.6 is 0 Å². The van der Waals surface area contributed by atoms with Crippen molar-refractivity contribution < 1.29 is 18.4 Å². The summed E-state index contributed by atoms with van der Waals surface area (Å²) in [4.78, 5) is 21.9. The Kier molecular flexibility index (Phi) is 5.21. The summed E-state index contributed by atoms with van der Waals surface area (Å²) in [5.41, 5.74) is 2.08. The average Bonchev–Trinajstić information content (AvgIpc) is 3.20. The molecule has 30 heavy (non-hydrogen) atoms. The first-order valence-corrected chi connectivity index (χ1v) is 9.06. The highest BCUT2D eigenvalue weighted by Gasteiger charge is 2.29. The predicted molar refractivity (Wildman–Crippen MR) is 109 cm³/mol. The van der Waals surface area contributed by atoms with Crippen molar-refractivity contribution in [2.45, 2.75) is 6.92 Å². The van der Waals surface area contributed by atoms with Crippen LogP contribution in [0.3, 0.4) is 0 Å². The third kappa shape index (κ3) is 3.50. The number of aromatic nitrogens is 3. The van der Waals surface area contributed by atoms with Crippen LogP contribution < -0.4 is 9.64 Å². The van der Waals surface area contributed by atoms with Gasteiger partial charge in [0.2, 0.25) is 11.8 Å². The Labute approximate surface area is 171 Å². The number of rotatable bonds is 5. The molecule has 0 fully saturated rings. The van der Waals surface area contributed by atoms with Gasteiger partial charge < -0.3 is 9.26 Å². The van der Waals surface area contributed by atoms with Crippen LogP contribution in [0.1, 0.15) is 6.92 Å². The van der Waals surface area contributed by atoms with Crippen LogP contribution in [-0.4, -0.2) is 28.1 Å². The minimum Gasteiger partial charge on any atom is -0.497 e. The third-order valence-electron chi connectivity index (χ3n) is 4.47. The molecule has 0 saturated carbocycles. The minimum atomic E-state index is -0.569. The lowest BCUT2D eigenvalue weighted by atomic mass is 10.0. The maximum Gasteiger partial charge on any atom is 0.248 e. The number of halogens is 1. The number of hydrogen-bond donors (Lipinski definition) is 0. The molecule has 0 bridgehead atoms. The second-order valence-corrected chi connectivity index (χ2v) is 6.34. The second-order valence-electron chi connectivity index (χ2n) is 6.34. The molecule has 7 nitrogen and oxygen atoms in total. The molecule has 0 aliphatic heterocycles. The van der Waals surface area contributed by atoms with Gasteiger partial charge in [-0.15, -0.1) is 0 Å². The summed E-state index contributed by atoms with van der Waals surface area (Å²) in [7, 11) is 1.56. The molecular formula is C22H17FN4O3. The van der Waals surface area contributed by atoms with E-state index in [1.165, 1.54) is 25.4 Å². The van der Waals surface area contributed by atoms with Gasteiger partial charge in [0.05, 0.1) is 24.1 Å². The second kappa shape index (κ2) is 8.12. The largest absolute Gasteiger partial charge is 0.497 e. The van der Waals surface area contributed by atoms with Crippen molar-refractivity contribution in [3.63, 3.8) is 0 Å². The molecule has 150 valence electrons. The monoisotopic (exact) mass is 404 g/mol. The molecule has 0 saturated heterocycles. The Morgan fingerprint density at radius 3 is 2.67 bits per heavy atom. The summed E-state index contributed by atoms with van der Waals surface area (Å²) < 4.78 is 25.4. The molecule has 8 heteroatoms. The van der Waals surface area contributed by atoms with Gasteiger partial charge in [-0.2, -0.15) is 0 Å². The number of para-hydroxylation sites is 1. The van der Waals surface area contributed by atoms with Crippen LogP contribution in [0.5, 0.6) is 5.75 Å². The molecule has 4 aromatic rings. The first-order chi connectivity index (χ1) is 14.6. The highest BCUT2D eigenvalue weighted by molar-refractivity contribution is 6.03. The zero-order valence-electron chi connectivity index (χ0n) is 16.2. The van der Waals surface area contributed by atoms with E-state index in [-0.39, 0.29) is 11.6 Å². The normalized spacial score (nSPS) is 10.6. The van der Waals surface area contributed by atoms with E-state index in [1.807, 2.05) is 12.1 Å². The van der Waals surface area contributed by atoms with Crippen molar-refractivity contribution in [3.05, 3.63) is 72.9 Å². The van der Waals surface area contributed by atoms with Crippen LogP contribution in [0.2, 0.25) is 0 Å². The van der Waals surface area contributed by atoms with Gasteiger partial charge in [0.1, 0.15) is 23.6 Å². The lowest BCUT2D eigenvalue weighted by Gasteiger charge is -2.19. The van der Waals surface area contributed by atoms with Crippen molar-refractivity contribution in [2.24, 2.45) is 0 Å². The molecule has 2 aromatic carbocycles. The molecule has 0 atom stereocenters. The Balaban J connectivity index is 1.97. The molecule has 1 amide bonds. The van der Waals surface area contributed by atoms with E-state index in [9.17, 15) is 9.18 Å². The van der Waals surface area contributed by atoms with E-state index in [4.69, 9.17) is 9.26 Å². The van der Waals surface area contributed by atoms with E-state index in [2.05, 4.69) is 15.1 Å². The van der Waals surface area contributed by atoms with Crippen molar-refractivity contribution in [1.82, 2.24) is 15.1 Å². The van der Waals surface area contributed by atoms with Gasteiger partial charge in [-0.3, -0.25) is 4.79 Å². The molecule has 0 radical (unpaired) electrons. The number of amides is 1. The van der Waals surface area contributed by atoms with Gasteiger partial charge in [0, 0.05) is 18.7 Å². The molecule has 0 spiro atoms. The lowest BCUT2D eigenvalue weighted by molar-refractivity contribution is -0.116. The predicted octanol–water partition coefficient (Wildman–Crippen LogP) is 4.63. The lowest BCUT2D eigenvalue weighted by Crippen LogP contribution is -2.24. The first-order valence-electron chi connectivity index (χ1n) is 9.06. The summed E-state index contributed by atoms with van der Waals surface area (Å²) in [5, 5.41) is 4.19. The standard InChI is InChI=1S/C22H17FN4O3/c1-14(28)27(19-9-4-3-8-17(19)23)22-20(18-10-11-24-13-25-18)21(26-30-22)15-6-5-7-16(12-15)29-2/h3-13H,1-2H3. The number of hydrogen-bond acceptors (Lipinski definition) is 6. The van der Waals surface area contributed by atoms with E-state index in [1.54, 1.807) is 43.6 Å². The molecule has 4 rings (SSSR count). The average molecular weight is 404 g/mol. The van der Waals surface area contributed by atoms with Crippen molar-refractivity contribution >= 4 is 17.5 Å². The van der Waals surface area contributed by atoms with Gasteiger partial charge >= 0.3 is 0 Å². The molecule has 0 aliphatic carbocycles. The fraction of sp³-hybridized carbons (Fsp3) is 0.0909. The Hall–Kier alpha value is -4.07. The third-order valence-corrected chi connectivity index (χ3v) is 4.47. The molecular weight excluding hydrogens is 387 g/mol. The fourth-order valence-electron chi connectivity index (χ4n) is 3.13. The van der Waals surface area contributed by atoms with E-state index >= 15 is 0 Å². The maximum absolute atomic E-state index is 14.6. The Bertz CT molecular complexity index is 1190. The molecule has 0 aliphatic rings. The smallest absolute Gasteiger partial charge is 0.248 e. The highest BCUT2D eigenvalue weighted by Crippen LogP contribution is 2.42. The molecule has 0 unspecified atom stereocenters. The minimum absolute atomic E-state index is 0.0497. The Morgan fingerprint density at radius 2 is 1.97 bits per heavy atom. The van der Waals surface area contributed by atoms with E-state index in [0.29, 0.717) is 28.3 Å². The summed E-state index contributed by atoms with van der Waals surface area (Å²) in [6.45, 7) is 1.32. The zero-order chi connectivity index (χ0) is 21.1. The zero-order valence-corrected chi connectivity index (χ0v) is 16.2. The highest BCUT2D eigenvalue weighted by atomic mass is 19.1. The van der Waals surface area contributed by atoms with Crippen molar-refractivity contribution in [2.75, 3.05) is 12.0 Å². The van der Waals surface area contributed by atoms with Gasteiger partial charge in [-0.1, -0.05) is 29.4 Å². The summed E-state index contributed by atoms with van der Waals surface area (Å²) in [6, 6.07) is 14.8. The number of nitrogens with zero attached hydrogens (tertiary/aromatic N) is 4. The Morgan fingerprint density at radius 1 is 1.13 bits per heavy atom. The van der Waals surface area contributed by atoms with Gasteiger partial charge in [0.15, 0.2) is 0 Å². The molecule has 0 N–H and O–H groups in total. The van der Waals surface area contributed by atoms with Crippen LogP contribution in [0.4, 0.5) is 16.0 Å². The van der Waals surface area contributed by atoms with Crippen LogP contribution in [0.15, 0.2) is 71.6 Å². The maximum atomic E-state index is 14.6. The number of carbonyl (C=O) groups is 1. The van der Waals surface area contributed by atoms with Crippen LogP contribution in [-0.2, 0) is 4.79 Å². The topological polar surface area (TPSA) is 81.4 Å².